The Kier molecular flexibility index (Phi) is 2.73. The Bertz CT molecular complexity index is 665. The predicted octanol–water partition coefficient (Wildman–Crippen LogP) is 2.88. The van der Waals surface area contributed by atoms with Gasteiger partial charge >= 0.3 is 0 Å². The van der Waals surface area contributed by atoms with Gasteiger partial charge in [-0.2, -0.15) is 0 Å². The molecule has 20 heavy (non-hydrogen) atoms. The van der Waals surface area contributed by atoms with Crippen molar-refractivity contribution in [2.24, 2.45) is 0 Å². The zero-order chi connectivity index (χ0) is 13.5. The van der Waals surface area contributed by atoms with Crippen molar-refractivity contribution in [3.05, 3.63) is 46.1 Å². The summed E-state index contributed by atoms with van der Waals surface area (Å²) in [5, 5.41) is 7.45. The molecule has 0 spiro atoms. The molecule has 0 saturated heterocycles. The fourth-order valence-corrected chi connectivity index (χ4v) is 4.29. The second-order valence-electron chi connectivity index (χ2n) is 5.22. The molecule has 3 heterocycles. The maximum absolute atomic E-state index is 12.4. The van der Waals surface area contributed by atoms with E-state index < -0.39 is 0 Å². The van der Waals surface area contributed by atoms with E-state index in [0.29, 0.717) is 0 Å². The van der Waals surface area contributed by atoms with Crippen molar-refractivity contribution in [2.45, 2.75) is 31.8 Å². The van der Waals surface area contributed by atoms with E-state index in [-0.39, 0.29) is 12.1 Å². The molecule has 102 valence electrons. The zero-order valence-corrected chi connectivity index (χ0v) is 11.8. The summed E-state index contributed by atoms with van der Waals surface area (Å²) in [5.41, 5.74) is 2.98. The highest BCUT2D eigenvalue weighted by molar-refractivity contribution is 7.16. The maximum atomic E-state index is 12.4. The summed E-state index contributed by atoms with van der Waals surface area (Å²) in [6.45, 7) is 0. The van der Waals surface area contributed by atoms with E-state index in [1.807, 2.05) is 18.2 Å². The van der Waals surface area contributed by atoms with Crippen LogP contribution < -0.4 is 10.6 Å². The van der Waals surface area contributed by atoms with Gasteiger partial charge in [0.1, 0.15) is 11.2 Å². The first-order valence-corrected chi connectivity index (χ1v) is 7.77. The van der Waals surface area contributed by atoms with Crippen LogP contribution in [0.4, 0.5) is 5.00 Å². The summed E-state index contributed by atoms with van der Waals surface area (Å²) >= 11 is 1.74. The second-order valence-corrected chi connectivity index (χ2v) is 6.33. The number of nitrogens with one attached hydrogen (secondary N) is 2. The van der Waals surface area contributed by atoms with E-state index in [0.717, 1.165) is 29.1 Å². The molecule has 5 heteroatoms. The second kappa shape index (κ2) is 4.59. The standard InChI is InChI=1S/C15H15N3OS/c19-14-12-9-5-1-2-7-11(9)20-15(12)18-13(17-14)10-6-3-4-8-16-10/h3-4,6,8,13,18H,1-2,5,7H2,(H,17,19)/t13-/m0/s1. The lowest BCUT2D eigenvalue weighted by molar-refractivity contribution is 0.0934. The number of rotatable bonds is 1. The van der Waals surface area contributed by atoms with Gasteiger partial charge < -0.3 is 10.6 Å². The smallest absolute Gasteiger partial charge is 0.256 e. The monoisotopic (exact) mass is 285 g/mol. The summed E-state index contributed by atoms with van der Waals surface area (Å²) in [6, 6.07) is 5.74. The van der Waals surface area contributed by atoms with Crippen LogP contribution in [-0.4, -0.2) is 10.9 Å². The minimum Gasteiger partial charge on any atom is -0.351 e. The number of hydrogen-bond donors (Lipinski definition) is 2. The Morgan fingerprint density at radius 2 is 2.10 bits per heavy atom. The topological polar surface area (TPSA) is 54.0 Å². The van der Waals surface area contributed by atoms with Crippen LogP contribution in [-0.2, 0) is 12.8 Å². The molecule has 0 radical (unpaired) electrons. The van der Waals surface area contributed by atoms with Crippen LogP contribution in [0.2, 0.25) is 0 Å². The van der Waals surface area contributed by atoms with Crippen LogP contribution in [0.15, 0.2) is 24.4 Å². The third-order valence-electron chi connectivity index (χ3n) is 3.93. The molecule has 0 unspecified atom stereocenters. The lowest BCUT2D eigenvalue weighted by atomic mass is 9.94. The summed E-state index contributed by atoms with van der Waals surface area (Å²) < 4.78 is 0. The molecule has 2 N–H and O–H groups in total. The van der Waals surface area contributed by atoms with Gasteiger partial charge in [0.15, 0.2) is 0 Å². The number of amides is 1. The molecule has 0 aromatic carbocycles. The van der Waals surface area contributed by atoms with Gasteiger partial charge in [0, 0.05) is 11.1 Å². The number of anilines is 1. The first kappa shape index (κ1) is 11.9. The third kappa shape index (κ3) is 1.81. The first-order valence-electron chi connectivity index (χ1n) is 6.96. The summed E-state index contributed by atoms with van der Waals surface area (Å²) in [7, 11) is 0. The fourth-order valence-electron chi connectivity index (χ4n) is 2.97. The summed E-state index contributed by atoms with van der Waals surface area (Å²) in [4.78, 5) is 18.1. The quantitative estimate of drug-likeness (QED) is 0.847. The highest BCUT2D eigenvalue weighted by Gasteiger charge is 2.32. The highest BCUT2D eigenvalue weighted by atomic mass is 32.1. The van der Waals surface area contributed by atoms with Crippen LogP contribution >= 0.6 is 11.3 Å². The molecule has 4 rings (SSSR count). The molecule has 0 bridgehead atoms. The Labute approximate surface area is 121 Å². The number of hydrogen-bond acceptors (Lipinski definition) is 4. The van der Waals surface area contributed by atoms with Crippen molar-refractivity contribution in [2.75, 3.05) is 5.32 Å². The average Bonchev–Trinajstić information content (AvgIpc) is 2.87. The van der Waals surface area contributed by atoms with Gasteiger partial charge in [-0.15, -0.1) is 11.3 Å². The molecular formula is C15H15N3OS. The minimum atomic E-state index is -0.226. The number of carbonyl (C=O) groups is 1. The molecular weight excluding hydrogens is 270 g/mol. The third-order valence-corrected chi connectivity index (χ3v) is 5.16. The van der Waals surface area contributed by atoms with Crippen LogP contribution in [0.1, 0.15) is 45.5 Å². The van der Waals surface area contributed by atoms with Gasteiger partial charge in [-0.3, -0.25) is 9.78 Å². The van der Waals surface area contributed by atoms with Gasteiger partial charge in [-0.05, 0) is 43.4 Å². The number of fused-ring (bicyclic) bond motifs is 3. The number of pyridine rings is 1. The Hall–Kier alpha value is -1.88. The van der Waals surface area contributed by atoms with E-state index in [1.54, 1.807) is 17.5 Å². The van der Waals surface area contributed by atoms with Crippen molar-refractivity contribution < 1.29 is 4.79 Å². The molecule has 2 aliphatic rings. The molecule has 0 saturated carbocycles. The van der Waals surface area contributed by atoms with Crippen molar-refractivity contribution in [1.29, 1.82) is 0 Å². The average molecular weight is 285 g/mol. The van der Waals surface area contributed by atoms with Crippen LogP contribution in [0.5, 0.6) is 0 Å². The summed E-state index contributed by atoms with van der Waals surface area (Å²) in [5.74, 6) is 0.0359. The number of carbonyl (C=O) groups excluding carboxylic acids is 1. The van der Waals surface area contributed by atoms with Gasteiger partial charge in [0.2, 0.25) is 0 Å². The Morgan fingerprint density at radius 1 is 1.20 bits per heavy atom. The molecule has 1 atom stereocenters. The van der Waals surface area contributed by atoms with E-state index in [9.17, 15) is 4.79 Å². The van der Waals surface area contributed by atoms with E-state index >= 15 is 0 Å². The van der Waals surface area contributed by atoms with Crippen molar-refractivity contribution >= 4 is 22.2 Å². The van der Waals surface area contributed by atoms with E-state index in [4.69, 9.17) is 0 Å². The largest absolute Gasteiger partial charge is 0.351 e. The summed E-state index contributed by atoms with van der Waals surface area (Å²) in [6.07, 6.45) is 6.08. The normalized spacial score (nSPS) is 20.6. The minimum absolute atomic E-state index is 0.0359. The van der Waals surface area contributed by atoms with Crippen LogP contribution in [0.3, 0.4) is 0 Å². The number of thiophene rings is 1. The maximum Gasteiger partial charge on any atom is 0.256 e. The lowest BCUT2D eigenvalue weighted by Gasteiger charge is -2.25. The lowest BCUT2D eigenvalue weighted by Crippen LogP contribution is -2.38. The number of aromatic nitrogens is 1. The van der Waals surface area contributed by atoms with E-state index in [2.05, 4.69) is 15.6 Å². The number of aryl methyl sites for hydroxylation is 1. The van der Waals surface area contributed by atoms with Crippen LogP contribution in [0, 0.1) is 0 Å². The molecule has 1 aliphatic heterocycles. The van der Waals surface area contributed by atoms with Gasteiger partial charge in [-0.1, -0.05) is 6.07 Å². The highest BCUT2D eigenvalue weighted by Crippen LogP contribution is 2.41. The SMILES string of the molecule is O=C1N[C@H](c2ccccn2)Nc2sc3c(c21)CCCC3. The number of nitrogens with zero attached hydrogens (tertiary/aromatic N) is 1. The predicted molar refractivity (Wildman–Crippen MR) is 79.0 cm³/mol. The van der Waals surface area contributed by atoms with E-state index in [1.165, 1.54) is 23.3 Å². The molecule has 1 amide bonds. The van der Waals surface area contributed by atoms with Crippen molar-refractivity contribution in [3.8, 4) is 0 Å². The molecule has 0 fully saturated rings. The zero-order valence-electron chi connectivity index (χ0n) is 11.0. The van der Waals surface area contributed by atoms with Gasteiger partial charge in [0.05, 0.1) is 11.3 Å². The molecule has 2 aromatic heterocycles. The van der Waals surface area contributed by atoms with Gasteiger partial charge in [-0.25, -0.2) is 0 Å². The van der Waals surface area contributed by atoms with Gasteiger partial charge in [0.25, 0.3) is 5.91 Å². The molecule has 2 aromatic rings. The molecule has 4 nitrogen and oxygen atoms in total. The van der Waals surface area contributed by atoms with Crippen molar-refractivity contribution in [1.82, 2.24) is 10.3 Å². The molecule has 1 aliphatic carbocycles. The Morgan fingerprint density at radius 3 is 2.95 bits per heavy atom. The van der Waals surface area contributed by atoms with Crippen LogP contribution in [0.25, 0.3) is 0 Å². The Balaban J connectivity index is 1.73. The first-order chi connectivity index (χ1) is 9.83. The van der Waals surface area contributed by atoms with Crippen molar-refractivity contribution in [3.63, 3.8) is 0 Å². The fraction of sp³-hybridized carbons (Fsp3) is 0.333.